The van der Waals surface area contributed by atoms with Crippen molar-refractivity contribution in [2.75, 3.05) is 24.5 Å². The molecule has 5 rings (SSSR count). The fourth-order valence-corrected chi connectivity index (χ4v) is 5.16. The average molecular weight is 562 g/mol. The summed E-state index contributed by atoms with van der Waals surface area (Å²) in [5.41, 5.74) is 3.63. The number of halogens is 4. The highest BCUT2D eigenvalue weighted by molar-refractivity contribution is 6.30. The average Bonchev–Trinajstić information content (AvgIpc) is 3.42. The molecule has 2 aliphatic rings. The van der Waals surface area contributed by atoms with Crippen LogP contribution in [-0.4, -0.2) is 40.2 Å². The standard InChI is InChI=1S/C27H27ClF3N5O3/c1-2-32-39-36-25(38)21-16-34(24(37)18-7-11-20(28)12-8-18)15-13-22(21)33-26(36)35-14-3-4-23(35)17-5-9-19(10-6-17)27(29,30)31/h5-12,23,32H,2-4,13-16H2,1H3. The van der Waals surface area contributed by atoms with Crippen LogP contribution in [0, 0.1) is 0 Å². The third-order valence-electron chi connectivity index (χ3n) is 6.99. The second kappa shape index (κ2) is 10.9. The summed E-state index contributed by atoms with van der Waals surface area (Å²) in [6.45, 7) is 3.21. The van der Waals surface area contributed by atoms with E-state index in [0.29, 0.717) is 59.9 Å². The lowest BCUT2D eigenvalue weighted by Gasteiger charge is -2.32. The van der Waals surface area contributed by atoms with E-state index in [1.807, 2.05) is 11.8 Å². The predicted molar refractivity (Wildman–Crippen MR) is 139 cm³/mol. The van der Waals surface area contributed by atoms with E-state index in [1.165, 1.54) is 12.1 Å². The monoisotopic (exact) mass is 561 g/mol. The van der Waals surface area contributed by atoms with Crippen LogP contribution in [-0.2, 0) is 19.1 Å². The van der Waals surface area contributed by atoms with Gasteiger partial charge in [-0.1, -0.05) is 28.5 Å². The van der Waals surface area contributed by atoms with Crippen molar-refractivity contribution >= 4 is 23.5 Å². The van der Waals surface area contributed by atoms with Crippen LogP contribution in [0.4, 0.5) is 19.1 Å². The summed E-state index contributed by atoms with van der Waals surface area (Å²) in [6, 6.07) is 11.4. The number of hydrogen-bond acceptors (Lipinski definition) is 6. The van der Waals surface area contributed by atoms with Gasteiger partial charge in [-0.05, 0) is 61.7 Å². The Morgan fingerprint density at radius 1 is 1.13 bits per heavy atom. The summed E-state index contributed by atoms with van der Waals surface area (Å²) in [5.74, 6) is 0.0569. The first-order chi connectivity index (χ1) is 18.7. The van der Waals surface area contributed by atoms with Gasteiger partial charge in [0.15, 0.2) is 0 Å². The number of hydroxylamine groups is 1. The molecule has 0 radical (unpaired) electrons. The van der Waals surface area contributed by atoms with Crippen molar-refractivity contribution in [2.24, 2.45) is 0 Å². The first-order valence-electron chi connectivity index (χ1n) is 12.7. The molecular weight excluding hydrogens is 535 g/mol. The third kappa shape index (κ3) is 5.46. The number of nitrogens with one attached hydrogen (secondary N) is 1. The lowest BCUT2D eigenvalue weighted by molar-refractivity contribution is -0.137. The minimum absolute atomic E-state index is 0.0702. The zero-order valence-electron chi connectivity index (χ0n) is 21.2. The molecule has 1 N–H and O–H groups in total. The molecule has 1 unspecified atom stereocenters. The highest BCUT2D eigenvalue weighted by atomic mass is 35.5. The molecule has 1 saturated heterocycles. The Morgan fingerprint density at radius 2 is 1.85 bits per heavy atom. The maximum atomic E-state index is 13.7. The van der Waals surface area contributed by atoms with Gasteiger partial charge in [0.1, 0.15) is 0 Å². The van der Waals surface area contributed by atoms with E-state index in [0.717, 1.165) is 23.3 Å². The second-order valence-electron chi connectivity index (χ2n) is 9.48. The topological polar surface area (TPSA) is 79.7 Å². The van der Waals surface area contributed by atoms with Gasteiger partial charge in [0.25, 0.3) is 11.5 Å². The van der Waals surface area contributed by atoms with E-state index in [4.69, 9.17) is 21.5 Å². The second-order valence-corrected chi connectivity index (χ2v) is 9.92. The van der Waals surface area contributed by atoms with Gasteiger partial charge in [-0.25, -0.2) is 4.98 Å². The third-order valence-corrected chi connectivity index (χ3v) is 7.24. The number of amides is 1. The number of hydrogen-bond donors (Lipinski definition) is 1. The van der Waals surface area contributed by atoms with E-state index >= 15 is 0 Å². The lowest BCUT2D eigenvalue weighted by Crippen LogP contribution is -2.46. The predicted octanol–water partition coefficient (Wildman–Crippen LogP) is 4.41. The number of anilines is 1. The van der Waals surface area contributed by atoms with Crippen LogP contribution in [0.5, 0.6) is 0 Å². The van der Waals surface area contributed by atoms with Gasteiger partial charge in [-0.2, -0.15) is 13.2 Å². The molecule has 0 spiro atoms. The van der Waals surface area contributed by atoms with Gasteiger partial charge in [0, 0.05) is 36.6 Å². The van der Waals surface area contributed by atoms with Crippen molar-refractivity contribution in [1.29, 1.82) is 0 Å². The minimum Gasteiger partial charge on any atom is -0.334 e. The van der Waals surface area contributed by atoms with Crippen molar-refractivity contribution < 1.29 is 22.9 Å². The molecule has 3 heterocycles. The molecule has 1 atom stereocenters. The first-order valence-corrected chi connectivity index (χ1v) is 13.1. The maximum Gasteiger partial charge on any atom is 0.416 e. The van der Waals surface area contributed by atoms with Gasteiger partial charge in [0.2, 0.25) is 5.95 Å². The number of carbonyl (C=O) groups excluding carboxylic acids is 1. The van der Waals surface area contributed by atoms with Crippen LogP contribution >= 0.6 is 11.6 Å². The lowest BCUT2D eigenvalue weighted by atomic mass is 10.0. The Hall–Kier alpha value is -3.57. The summed E-state index contributed by atoms with van der Waals surface area (Å²) in [6.07, 6.45) is -2.60. The fourth-order valence-electron chi connectivity index (χ4n) is 5.03. The van der Waals surface area contributed by atoms with Crippen LogP contribution in [0.3, 0.4) is 0 Å². The number of rotatable bonds is 6. The summed E-state index contributed by atoms with van der Waals surface area (Å²) in [5, 5.41) is 0.521. The van der Waals surface area contributed by atoms with Crippen molar-refractivity contribution in [3.63, 3.8) is 0 Å². The summed E-state index contributed by atoms with van der Waals surface area (Å²) < 4.78 is 40.4. The fraction of sp³-hybridized carbons (Fsp3) is 0.370. The molecule has 2 aliphatic heterocycles. The van der Waals surface area contributed by atoms with Gasteiger partial charge in [-0.3, -0.25) is 9.59 Å². The Morgan fingerprint density at radius 3 is 2.51 bits per heavy atom. The molecule has 206 valence electrons. The largest absolute Gasteiger partial charge is 0.416 e. The number of aromatic nitrogens is 2. The van der Waals surface area contributed by atoms with Crippen molar-refractivity contribution in [3.05, 3.63) is 91.9 Å². The molecule has 39 heavy (non-hydrogen) atoms. The summed E-state index contributed by atoms with van der Waals surface area (Å²) in [7, 11) is 0. The maximum absolute atomic E-state index is 13.7. The molecular formula is C27H27ClF3N5O3. The van der Waals surface area contributed by atoms with Crippen LogP contribution in [0.15, 0.2) is 53.3 Å². The van der Waals surface area contributed by atoms with Crippen molar-refractivity contribution in [3.8, 4) is 0 Å². The smallest absolute Gasteiger partial charge is 0.334 e. The van der Waals surface area contributed by atoms with Gasteiger partial charge in [0.05, 0.1) is 29.4 Å². The van der Waals surface area contributed by atoms with Crippen LogP contribution in [0.1, 0.15) is 58.5 Å². The molecule has 8 nitrogen and oxygen atoms in total. The molecule has 0 saturated carbocycles. The van der Waals surface area contributed by atoms with Crippen LogP contribution in [0.25, 0.3) is 0 Å². The molecule has 12 heteroatoms. The molecule has 3 aromatic rings. The summed E-state index contributed by atoms with van der Waals surface area (Å²) in [4.78, 5) is 40.7. The SMILES string of the molecule is CCNOn1c(N2CCCC2c2ccc(C(F)(F)F)cc2)nc2c(c1=O)CN(C(=O)c1ccc(Cl)cc1)CC2. The molecule has 2 aromatic carbocycles. The molecule has 0 bridgehead atoms. The van der Waals surface area contributed by atoms with Crippen molar-refractivity contribution in [1.82, 2.24) is 20.1 Å². The molecule has 0 aliphatic carbocycles. The zero-order valence-corrected chi connectivity index (χ0v) is 21.9. The summed E-state index contributed by atoms with van der Waals surface area (Å²) >= 11 is 5.95. The van der Waals surface area contributed by atoms with Gasteiger partial charge < -0.3 is 14.7 Å². The minimum atomic E-state index is -4.42. The Kier molecular flexibility index (Phi) is 7.55. The number of alkyl halides is 3. The molecule has 1 aromatic heterocycles. The van der Waals surface area contributed by atoms with Gasteiger partial charge >= 0.3 is 6.18 Å². The highest BCUT2D eigenvalue weighted by Gasteiger charge is 2.35. The van der Waals surface area contributed by atoms with E-state index in [1.54, 1.807) is 29.2 Å². The first kappa shape index (κ1) is 27.0. The number of benzene rings is 2. The van der Waals surface area contributed by atoms with Crippen LogP contribution in [0.2, 0.25) is 5.02 Å². The molecule has 1 fully saturated rings. The number of carbonyl (C=O) groups is 1. The van der Waals surface area contributed by atoms with Crippen molar-refractivity contribution in [2.45, 2.75) is 44.9 Å². The number of fused-ring (bicyclic) bond motifs is 1. The van der Waals surface area contributed by atoms with E-state index in [9.17, 15) is 22.8 Å². The van der Waals surface area contributed by atoms with E-state index in [-0.39, 0.29) is 24.4 Å². The van der Waals surface area contributed by atoms with E-state index in [2.05, 4.69) is 5.48 Å². The molecule has 1 amide bonds. The quantitative estimate of drug-likeness (QED) is 0.449. The van der Waals surface area contributed by atoms with E-state index < -0.39 is 17.3 Å². The Balaban J connectivity index is 1.47. The normalized spacial score (nSPS) is 17.3. The van der Waals surface area contributed by atoms with Crippen LogP contribution < -0.4 is 20.9 Å². The van der Waals surface area contributed by atoms with Gasteiger partial charge in [-0.15, -0.1) is 5.48 Å². The Labute approximate surface area is 227 Å². The number of nitrogens with zero attached hydrogens (tertiary/aromatic N) is 4. The zero-order chi connectivity index (χ0) is 27.7. The highest BCUT2D eigenvalue weighted by Crippen LogP contribution is 2.37. The Bertz CT molecular complexity index is 1410.